The smallest absolute Gasteiger partial charge is 0.179 e. The van der Waals surface area contributed by atoms with Crippen molar-refractivity contribution in [2.24, 2.45) is 0 Å². The van der Waals surface area contributed by atoms with Crippen LogP contribution in [0.1, 0.15) is 0 Å². The summed E-state index contributed by atoms with van der Waals surface area (Å²) in [4.78, 5) is -0.0443. The first-order chi connectivity index (χ1) is 7.98. The SMILES string of the molecule is CS(=O)(=O)c1ccc(-c2ccccc2)cc1O. The number of phenolic OH excluding ortho intramolecular Hbond substituents is 1. The number of benzene rings is 2. The summed E-state index contributed by atoms with van der Waals surface area (Å²) < 4.78 is 22.7. The first-order valence-corrected chi connectivity index (χ1v) is 6.96. The minimum Gasteiger partial charge on any atom is -0.507 e. The zero-order valence-corrected chi connectivity index (χ0v) is 10.1. The molecular formula is C13H12O3S. The molecule has 0 aliphatic rings. The fraction of sp³-hybridized carbons (Fsp3) is 0.0769. The lowest BCUT2D eigenvalue weighted by Crippen LogP contribution is -1.97. The van der Waals surface area contributed by atoms with Crippen LogP contribution in [0.5, 0.6) is 5.75 Å². The highest BCUT2D eigenvalue weighted by atomic mass is 32.2. The fourth-order valence-electron chi connectivity index (χ4n) is 1.64. The van der Waals surface area contributed by atoms with Crippen LogP contribution in [0.4, 0.5) is 0 Å². The molecule has 4 heteroatoms. The number of aromatic hydroxyl groups is 1. The second kappa shape index (κ2) is 4.22. The van der Waals surface area contributed by atoms with Gasteiger partial charge in [-0.2, -0.15) is 0 Å². The fourth-order valence-corrected chi connectivity index (χ4v) is 2.40. The number of hydrogen-bond acceptors (Lipinski definition) is 3. The van der Waals surface area contributed by atoms with Gasteiger partial charge < -0.3 is 5.11 Å². The molecule has 88 valence electrons. The van der Waals surface area contributed by atoms with Gasteiger partial charge in [0.1, 0.15) is 10.6 Å². The molecule has 0 aliphatic carbocycles. The molecule has 0 amide bonds. The van der Waals surface area contributed by atoms with Gasteiger partial charge >= 0.3 is 0 Å². The number of phenols is 1. The van der Waals surface area contributed by atoms with Crippen molar-refractivity contribution in [1.82, 2.24) is 0 Å². The van der Waals surface area contributed by atoms with Gasteiger partial charge in [-0.25, -0.2) is 8.42 Å². The quantitative estimate of drug-likeness (QED) is 0.888. The highest BCUT2D eigenvalue weighted by Crippen LogP contribution is 2.28. The van der Waals surface area contributed by atoms with Crippen LogP contribution in [0.3, 0.4) is 0 Å². The van der Waals surface area contributed by atoms with Crippen LogP contribution in [-0.2, 0) is 9.84 Å². The minimum atomic E-state index is -3.38. The lowest BCUT2D eigenvalue weighted by molar-refractivity contribution is 0.459. The third-order valence-corrected chi connectivity index (χ3v) is 3.61. The summed E-state index contributed by atoms with van der Waals surface area (Å²) in [7, 11) is -3.38. The topological polar surface area (TPSA) is 54.4 Å². The van der Waals surface area contributed by atoms with E-state index < -0.39 is 9.84 Å². The number of rotatable bonds is 2. The predicted molar refractivity (Wildman–Crippen MR) is 66.7 cm³/mol. The van der Waals surface area contributed by atoms with E-state index in [9.17, 15) is 13.5 Å². The highest BCUT2D eigenvalue weighted by molar-refractivity contribution is 7.90. The molecule has 2 aromatic rings. The molecule has 3 nitrogen and oxygen atoms in total. The van der Waals surface area contributed by atoms with E-state index in [1.54, 1.807) is 6.07 Å². The summed E-state index contributed by atoms with van der Waals surface area (Å²) in [5, 5.41) is 9.71. The molecule has 0 bridgehead atoms. The van der Waals surface area contributed by atoms with Crippen LogP contribution in [-0.4, -0.2) is 19.8 Å². The summed E-state index contributed by atoms with van der Waals surface area (Å²) >= 11 is 0. The molecule has 0 unspecified atom stereocenters. The van der Waals surface area contributed by atoms with Gasteiger partial charge in [-0.15, -0.1) is 0 Å². The Balaban J connectivity index is 2.53. The monoisotopic (exact) mass is 248 g/mol. The Labute approximate surface area is 100 Å². The average Bonchev–Trinajstić information content (AvgIpc) is 2.28. The zero-order chi connectivity index (χ0) is 12.5. The number of hydrogen-bond donors (Lipinski definition) is 1. The summed E-state index contributed by atoms with van der Waals surface area (Å²) in [6, 6.07) is 14.0. The first-order valence-electron chi connectivity index (χ1n) is 5.07. The summed E-state index contributed by atoms with van der Waals surface area (Å²) in [5.41, 5.74) is 1.72. The van der Waals surface area contributed by atoms with Crippen LogP contribution < -0.4 is 0 Å². The normalized spacial score (nSPS) is 11.4. The molecule has 2 rings (SSSR count). The van der Waals surface area contributed by atoms with E-state index in [-0.39, 0.29) is 10.6 Å². The van der Waals surface area contributed by atoms with Crippen LogP contribution >= 0.6 is 0 Å². The molecule has 0 saturated carbocycles. The molecule has 0 atom stereocenters. The van der Waals surface area contributed by atoms with Crippen molar-refractivity contribution in [2.75, 3.05) is 6.26 Å². The van der Waals surface area contributed by atoms with Crippen molar-refractivity contribution >= 4 is 9.84 Å². The largest absolute Gasteiger partial charge is 0.507 e. The molecule has 0 fully saturated rings. The van der Waals surface area contributed by atoms with Crippen molar-refractivity contribution in [3.8, 4) is 16.9 Å². The van der Waals surface area contributed by atoms with Gasteiger partial charge in [0.15, 0.2) is 9.84 Å². The maximum Gasteiger partial charge on any atom is 0.179 e. The molecule has 0 aromatic heterocycles. The molecule has 0 spiro atoms. The van der Waals surface area contributed by atoms with Gasteiger partial charge in [0.2, 0.25) is 0 Å². The summed E-state index contributed by atoms with van der Waals surface area (Å²) in [6.45, 7) is 0. The molecule has 0 heterocycles. The molecule has 0 saturated heterocycles. The molecule has 1 N–H and O–H groups in total. The van der Waals surface area contributed by atoms with Crippen LogP contribution in [0.25, 0.3) is 11.1 Å². The van der Waals surface area contributed by atoms with Gasteiger partial charge in [-0.05, 0) is 23.3 Å². The zero-order valence-electron chi connectivity index (χ0n) is 9.29. The predicted octanol–water partition coefficient (Wildman–Crippen LogP) is 2.46. The van der Waals surface area contributed by atoms with Crippen molar-refractivity contribution < 1.29 is 13.5 Å². The van der Waals surface area contributed by atoms with Crippen LogP contribution in [0, 0.1) is 0 Å². The molecule has 17 heavy (non-hydrogen) atoms. The Hall–Kier alpha value is -1.81. The highest BCUT2D eigenvalue weighted by Gasteiger charge is 2.13. The van der Waals surface area contributed by atoms with E-state index in [1.807, 2.05) is 30.3 Å². The standard InChI is InChI=1S/C13H12O3S/c1-17(15,16)13-8-7-11(9-12(13)14)10-5-3-2-4-6-10/h2-9,14H,1H3. The third-order valence-electron chi connectivity index (χ3n) is 2.47. The Morgan fingerprint density at radius 1 is 0.941 bits per heavy atom. The Morgan fingerprint density at radius 3 is 2.12 bits per heavy atom. The number of sulfone groups is 1. The lowest BCUT2D eigenvalue weighted by Gasteiger charge is -2.06. The average molecular weight is 248 g/mol. The Morgan fingerprint density at radius 2 is 1.59 bits per heavy atom. The molecule has 2 aromatic carbocycles. The lowest BCUT2D eigenvalue weighted by atomic mass is 10.1. The van der Waals surface area contributed by atoms with E-state index in [0.717, 1.165) is 17.4 Å². The van der Waals surface area contributed by atoms with E-state index in [4.69, 9.17) is 0 Å². The molecule has 0 aliphatic heterocycles. The van der Waals surface area contributed by atoms with Crippen molar-refractivity contribution in [3.63, 3.8) is 0 Å². The minimum absolute atomic E-state index is 0.0443. The van der Waals surface area contributed by atoms with Gasteiger partial charge in [0.25, 0.3) is 0 Å². The van der Waals surface area contributed by atoms with Crippen molar-refractivity contribution in [1.29, 1.82) is 0 Å². The maximum atomic E-state index is 11.3. The molecule has 0 radical (unpaired) electrons. The van der Waals surface area contributed by atoms with Crippen molar-refractivity contribution in [2.45, 2.75) is 4.90 Å². The van der Waals surface area contributed by atoms with Gasteiger partial charge in [-0.1, -0.05) is 36.4 Å². The van der Waals surface area contributed by atoms with Gasteiger partial charge in [-0.3, -0.25) is 0 Å². The summed E-state index contributed by atoms with van der Waals surface area (Å²) in [6.07, 6.45) is 1.07. The van der Waals surface area contributed by atoms with E-state index in [2.05, 4.69) is 0 Å². The van der Waals surface area contributed by atoms with Crippen LogP contribution in [0.2, 0.25) is 0 Å². The first kappa shape index (κ1) is 11.7. The summed E-state index contributed by atoms with van der Waals surface area (Å²) in [5.74, 6) is -0.214. The Kier molecular flexibility index (Phi) is 2.90. The van der Waals surface area contributed by atoms with E-state index in [0.29, 0.717) is 0 Å². The second-order valence-electron chi connectivity index (χ2n) is 3.82. The Bertz CT molecular complexity index is 631. The van der Waals surface area contributed by atoms with Crippen LogP contribution in [0.15, 0.2) is 53.4 Å². The second-order valence-corrected chi connectivity index (χ2v) is 5.80. The van der Waals surface area contributed by atoms with E-state index >= 15 is 0 Å². The van der Waals surface area contributed by atoms with Crippen molar-refractivity contribution in [3.05, 3.63) is 48.5 Å². The third kappa shape index (κ3) is 2.47. The van der Waals surface area contributed by atoms with Gasteiger partial charge in [0.05, 0.1) is 0 Å². The van der Waals surface area contributed by atoms with E-state index in [1.165, 1.54) is 12.1 Å². The van der Waals surface area contributed by atoms with Gasteiger partial charge in [0, 0.05) is 6.26 Å². The molecular weight excluding hydrogens is 236 g/mol. The maximum absolute atomic E-state index is 11.3.